The van der Waals surface area contributed by atoms with Gasteiger partial charge < -0.3 is 10.6 Å². The van der Waals surface area contributed by atoms with Gasteiger partial charge in [-0.3, -0.25) is 0 Å². The lowest BCUT2D eigenvalue weighted by molar-refractivity contribution is 1.20. The van der Waals surface area contributed by atoms with E-state index in [1.807, 2.05) is 12.1 Å². The minimum atomic E-state index is 0.786. The molecule has 0 bridgehead atoms. The molecule has 1 heterocycles. The third-order valence-corrected chi connectivity index (χ3v) is 3.22. The fourth-order valence-electron chi connectivity index (χ4n) is 2.07. The van der Waals surface area contributed by atoms with Crippen molar-refractivity contribution in [2.24, 2.45) is 0 Å². The zero-order valence-electron chi connectivity index (χ0n) is 9.33. The maximum atomic E-state index is 5.87. The summed E-state index contributed by atoms with van der Waals surface area (Å²) in [4.78, 5) is 0. The molecule has 1 aliphatic heterocycles. The molecule has 3 heteroatoms. The van der Waals surface area contributed by atoms with Crippen molar-refractivity contribution in [2.75, 3.05) is 17.3 Å². The van der Waals surface area contributed by atoms with Crippen LogP contribution in [0.4, 0.5) is 11.4 Å². The molecule has 0 saturated carbocycles. The molecular formula is C14H13ClN2. The topological polar surface area (TPSA) is 24.1 Å². The van der Waals surface area contributed by atoms with Crippen molar-refractivity contribution in [3.05, 3.63) is 58.6 Å². The zero-order valence-corrected chi connectivity index (χ0v) is 10.1. The van der Waals surface area contributed by atoms with Gasteiger partial charge in [-0.1, -0.05) is 29.8 Å². The van der Waals surface area contributed by atoms with E-state index in [9.17, 15) is 0 Å². The van der Waals surface area contributed by atoms with Gasteiger partial charge in [0.2, 0.25) is 0 Å². The molecule has 0 fully saturated rings. The molecule has 3 rings (SSSR count). The Morgan fingerprint density at radius 2 is 1.59 bits per heavy atom. The van der Waals surface area contributed by atoms with Crippen LogP contribution in [0.25, 0.3) is 0 Å². The van der Waals surface area contributed by atoms with Gasteiger partial charge in [0.05, 0.1) is 18.0 Å². The summed E-state index contributed by atoms with van der Waals surface area (Å²) in [6.07, 6.45) is 0.937. The summed E-state index contributed by atoms with van der Waals surface area (Å²) in [7, 11) is 0. The Balaban J connectivity index is 1.83. The molecule has 0 radical (unpaired) electrons. The Morgan fingerprint density at radius 1 is 0.882 bits per heavy atom. The molecule has 2 aromatic rings. The molecule has 0 aliphatic carbocycles. The molecule has 0 aromatic heterocycles. The minimum Gasteiger partial charge on any atom is -0.366 e. The Labute approximate surface area is 106 Å². The van der Waals surface area contributed by atoms with Gasteiger partial charge in [-0.05, 0) is 41.8 Å². The summed E-state index contributed by atoms with van der Waals surface area (Å²) >= 11 is 5.87. The highest BCUT2D eigenvalue weighted by atomic mass is 35.5. The number of nitrogens with one attached hydrogen (secondary N) is 2. The van der Waals surface area contributed by atoms with Crippen molar-refractivity contribution in [1.82, 2.24) is 0 Å². The largest absolute Gasteiger partial charge is 0.366 e. The zero-order chi connectivity index (χ0) is 11.7. The minimum absolute atomic E-state index is 0.786. The quantitative estimate of drug-likeness (QED) is 0.841. The third kappa shape index (κ3) is 2.22. The van der Waals surface area contributed by atoms with Crippen molar-refractivity contribution >= 4 is 23.0 Å². The first kappa shape index (κ1) is 10.5. The highest BCUT2D eigenvalue weighted by molar-refractivity contribution is 6.30. The van der Waals surface area contributed by atoms with E-state index in [0.717, 1.165) is 18.1 Å². The van der Waals surface area contributed by atoms with E-state index in [0.29, 0.717) is 0 Å². The number of anilines is 2. The molecule has 86 valence electrons. The van der Waals surface area contributed by atoms with E-state index in [1.165, 1.54) is 22.5 Å². The van der Waals surface area contributed by atoms with Crippen molar-refractivity contribution in [3.8, 4) is 0 Å². The molecular weight excluding hydrogens is 232 g/mol. The second-order valence-electron chi connectivity index (χ2n) is 4.21. The van der Waals surface area contributed by atoms with Crippen LogP contribution >= 0.6 is 11.6 Å². The first-order valence-electron chi connectivity index (χ1n) is 5.66. The SMILES string of the molecule is Clc1ccc(Cc2ccc3c(c2)NCN3)cc1. The lowest BCUT2D eigenvalue weighted by Gasteiger charge is -2.05. The average Bonchev–Trinajstić information content (AvgIpc) is 2.79. The fourth-order valence-corrected chi connectivity index (χ4v) is 2.20. The Bertz CT molecular complexity index is 534. The van der Waals surface area contributed by atoms with Crippen molar-refractivity contribution in [3.63, 3.8) is 0 Å². The fraction of sp³-hybridized carbons (Fsp3) is 0.143. The molecule has 0 spiro atoms. The van der Waals surface area contributed by atoms with Crippen LogP contribution in [0.1, 0.15) is 11.1 Å². The first-order valence-corrected chi connectivity index (χ1v) is 6.04. The molecule has 2 aromatic carbocycles. The number of fused-ring (bicyclic) bond motifs is 1. The van der Waals surface area contributed by atoms with Gasteiger partial charge >= 0.3 is 0 Å². The summed E-state index contributed by atoms with van der Waals surface area (Å²) in [5.41, 5.74) is 4.96. The summed E-state index contributed by atoms with van der Waals surface area (Å²) in [5, 5.41) is 7.36. The highest BCUT2D eigenvalue weighted by Crippen LogP contribution is 2.27. The highest BCUT2D eigenvalue weighted by Gasteiger charge is 2.08. The number of halogens is 1. The van der Waals surface area contributed by atoms with Gasteiger partial charge in [0.1, 0.15) is 0 Å². The second kappa shape index (κ2) is 4.30. The summed E-state index contributed by atoms with van der Waals surface area (Å²) < 4.78 is 0. The number of hydrogen-bond acceptors (Lipinski definition) is 2. The lowest BCUT2D eigenvalue weighted by atomic mass is 10.0. The maximum absolute atomic E-state index is 5.87. The van der Waals surface area contributed by atoms with Crippen LogP contribution in [-0.4, -0.2) is 6.67 Å². The van der Waals surface area contributed by atoms with E-state index >= 15 is 0 Å². The molecule has 0 unspecified atom stereocenters. The van der Waals surface area contributed by atoms with Crippen LogP contribution in [0.2, 0.25) is 5.02 Å². The molecule has 17 heavy (non-hydrogen) atoms. The Hall–Kier alpha value is -1.67. The number of rotatable bonds is 2. The van der Waals surface area contributed by atoms with Crippen LogP contribution in [0.5, 0.6) is 0 Å². The lowest BCUT2D eigenvalue weighted by Crippen LogP contribution is -1.99. The Morgan fingerprint density at radius 3 is 2.41 bits per heavy atom. The van der Waals surface area contributed by atoms with Crippen LogP contribution in [0, 0.1) is 0 Å². The van der Waals surface area contributed by atoms with E-state index in [4.69, 9.17) is 11.6 Å². The van der Waals surface area contributed by atoms with Gasteiger partial charge in [0.25, 0.3) is 0 Å². The van der Waals surface area contributed by atoms with E-state index in [2.05, 4.69) is 41.0 Å². The maximum Gasteiger partial charge on any atom is 0.0850 e. The Kier molecular flexibility index (Phi) is 2.65. The van der Waals surface area contributed by atoms with Crippen LogP contribution < -0.4 is 10.6 Å². The van der Waals surface area contributed by atoms with Crippen LogP contribution in [0.3, 0.4) is 0 Å². The van der Waals surface area contributed by atoms with E-state index < -0.39 is 0 Å². The van der Waals surface area contributed by atoms with E-state index in [-0.39, 0.29) is 0 Å². The first-order chi connectivity index (χ1) is 8.31. The molecule has 0 saturated heterocycles. The van der Waals surface area contributed by atoms with Gasteiger partial charge in [-0.25, -0.2) is 0 Å². The normalized spacial score (nSPS) is 12.8. The number of benzene rings is 2. The van der Waals surface area contributed by atoms with Gasteiger partial charge in [0, 0.05) is 5.02 Å². The van der Waals surface area contributed by atoms with Gasteiger partial charge in [-0.2, -0.15) is 0 Å². The smallest absolute Gasteiger partial charge is 0.0850 e. The predicted octanol–water partition coefficient (Wildman–Crippen LogP) is 3.73. The van der Waals surface area contributed by atoms with Gasteiger partial charge in [0.15, 0.2) is 0 Å². The summed E-state index contributed by atoms with van der Waals surface area (Å²) in [6.45, 7) is 0.819. The van der Waals surface area contributed by atoms with Crippen LogP contribution in [-0.2, 0) is 6.42 Å². The number of hydrogen-bond donors (Lipinski definition) is 2. The van der Waals surface area contributed by atoms with Crippen molar-refractivity contribution in [2.45, 2.75) is 6.42 Å². The summed E-state index contributed by atoms with van der Waals surface area (Å²) in [5.74, 6) is 0. The van der Waals surface area contributed by atoms with Crippen LogP contribution in [0.15, 0.2) is 42.5 Å². The monoisotopic (exact) mass is 244 g/mol. The third-order valence-electron chi connectivity index (χ3n) is 2.96. The molecule has 2 N–H and O–H groups in total. The molecule has 2 nitrogen and oxygen atoms in total. The molecule has 0 amide bonds. The standard InChI is InChI=1S/C14H13ClN2/c15-12-4-1-10(2-5-12)7-11-3-6-13-14(8-11)17-9-16-13/h1-6,8,16-17H,7,9H2. The van der Waals surface area contributed by atoms with Crippen molar-refractivity contribution < 1.29 is 0 Å². The summed E-state index contributed by atoms with van der Waals surface area (Å²) in [6, 6.07) is 14.5. The second-order valence-corrected chi connectivity index (χ2v) is 4.65. The van der Waals surface area contributed by atoms with E-state index in [1.54, 1.807) is 0 Å². The van der Waals surface area contributed by atoms with Crippen molar-refractivity contribution in [1.29, 1.82) is 0 Å². The van der Waals surface area contributed by atoms with Gasteiger partial charge in [-0.15, -0.1) is 0 Å². The average molecular weight is 245 g/mol. The molecule has 0 atom stereocenters. The predicted molar refractivity (Wildman–Crippen MR) is 72.8 cm³/mol. The molecule has 1 aliphatic rings.